The van der Waals surface area contributed by atoms with Crippen LogP contribution in [0.3, 0.4) is 0 Å². The number of benzene rings is 2. The number of allylic oxidation sites excluding steroid dienone is 6. The molecule has 5 N–H and O–H groups in total. The summed E-state index contributed by atoms with van der Waals surface area (Å²) in [5.41, 5.74) is 9.14. The normalized spacial score (nSPS) is 13.4. The number of hydrogen-bond acceptors (Lipinski definition) is 7. The molecule has 0 bridgehead atoms. The lowest BCUT2D eigenvalue weighted by Crippen LogP contribution is -2.43. The van der Waals surface area contributed by atoms with Gasteiger partial charge in [0.25, 0.3) is 5.92 Å². The van der Waals surface area contributed by atoms with Gasteiger partial charge in [0, 0.05) is 42.1 Å². The fraction of sp³-hybridized carbons (Fsp3) is 0.394. The van der Waals surface area contributed by atoms with Crippen LogP contribution in [0, 0.1) is 0 Å². The molecule has 44 heavy (non-hydrogen) atoms. The first kappa shape index (κ1) is 36.5. The lowest BCUT2D eigenvalue weighted by atomic mass is 10.0. The molecular formula is C33H44F2N4O4S. The van der Waals surface area contributed by atoms with Crippen LogP contribution in [0.2, 0.25) is 0 Å². The van der Waals surface area contributed by atoms with Crippen LogP contribution in [-0.4, -0.2) is 66.2 Å². The minimum atomic E-state index is -3.11. The van der Waals surface area contributed by atoms with Gasteiger partial charge < -0.3 is 26.2 Å². The summed E-state index contributed by atoms with van der Waals surface area (Å²) in [5, 5.41) is 14.2. The molecule has 1 unspecified atom stereocenters. The number of aliphatic hydroxyl groups is 1. The van der Waals surface area contributed by atoms with Gasteiger partial charge in [-0.25, -0.2) is 17.9 Å². The van der Waals surface area contributed by atoms with Gasteiger partial charge in [0.2, 0.25) is 5.91 Å². The molecule has 2 aromatic rings. The first-order valence-corrected chi connectivity index (χ1v) is 15.2. The zero-order valence-corrected chi connectivity index (χ0v) is 26.4. The number of aliphatic hydroxyl groups excluding tert-OH is 1. The summed E-state index contributed by atoms with van der Waals surface area (Å²) >= 11 is 1.28. The van der Waals surface area contributed by atoms with E-state index in [0.717, 1.165) is 24.8 Å². The van der Waals surface area contributed by atoms with E-state index in [0.29, 0.717) is 5.69 Å². The number of ether oxygens (including phenoxy) is 1. The van der Waals surface area contributed by atoms with Gasteiger partial charge in [0.05, 0.1) is 20.3 Å². The molecule has 240 valence electrons. The molecule has 2 aromatic carbocycles. The van der Waals surface area contributed by atoms with Crippen molar-refractivity contribution in [2.45, 2.75) is 62.4 Å². The third-order valence-electron chi connectivity index (χ3n) is 6.44. The molecule has 0 heterocycles. The highest BCUT2D eigenvalue weighted by molar-refractivity contribution is 7.97. The molecule has 2 amide bonds. The number of hydrogen-bond donors (Lipinski definition) is 4. The molecule has 0 spiro atoms. The van der Waals surface area contributed by atoms with Crippen LogP contribution in [0.15, 0.2) is 95.4 Å². The van der Waals surface area contributed by atoms with Gasteiger partial charge >= 0.3 is 6.09 Å². The molecule has 8 nitrogen and oxygen atoms in total. The second kappa shape index (κ2) is 19.6. The number of nitrogen functional groups attached to an aromatic ring is 1. The Morgan fingerprint density at radius 3 is 2.41 bits per heavy atom. The molecule has 0 fully saturated rings. The van der Waals surface area contributed by atoms with E-state index in [2.05, 4.69) is 76.1 Å². The van der Waals surface area contributed by atoms with Gasteiger partial charge in [-0.05, 0) is 68.5 Å². The molecule has 3 rings (SSSR count). The molecule has 0 radical (unpaired) electrons. The smallest absolute Gasteiger partial charge is 0.407 e. The van der Waals surface area contributed by atoms with E-state index in [9.17, 15) is 23.5 Å². The lowest BCUT2D eigenvalue weighted by molar-refractivity contribution is -0.120. The Hall–Kier alpha value is -3.67. The molecule has 1 aliphatic rings. The third-order valence-corrected chi connectivity index (χ3v) is 7.85. The number of nitrogens with zero attached hydrogens (tertiary/aromatic N) is 1. The number of halogens is 2. The third kappa shape index (κ3) is 14.7. The quantitative estimate of drug-likeness (QED) is 0.152. The van der Waals surface area contributed by atoms with E-state index >= 15 is 0 Å². The number of rotatable bonds is 14. The zero-order valence-electron chi connectivity index (χ0n) is 25.5. The summed E-state index contributed by atoms with van der Waals surface area (Å²) < 4.78 is 35.0. The summed E-state index contributed by atoms with van der Waals surface area (Å²) in [5.74, 6) is -3.71. The number of nitrogens with two attached hydrogens (primary N) is 1. The summed E-state index contributed by atoms with van der Waals surface area (Å²) in [4.78, 5) is 23.3. The molecule has 1 atom stereocenters. The molecule has 0 saturated carbocycles. The largest absolute Gasteiger partial charge is 0.453 e. The Morgan fingerprint density at radius 1 is 1.07 bits per heavy atom. The predicted octanol–water partition coefficient (Wildman–Crippen LogP) is 5.91. The average molecular weight is 631 g/mol. The minimum absolute atomic E-state index is 0.107. The fourth-order valence-corrected chi connectivity index (χ4v) is 5.22. The van der Waals surface area contributed by atoms with Crippen LogP contribution in [0.1, 0.15) is 38.7 Å². The van der Waals surface area contributed by atoms with Gasteiger partial charge in [0.15, 0.2) is 0 Å². The van der Waals surface area contributed by atoms with E-state index in [1.807, 2.05) is 13.8 Å². The molecular weight excluding hydrogens is 586 g/mol. The predicted molar refractivity (Wildman–Crippen MR) is 173 cm³/mol. The van der Waals surface area contributed by atoms with E-state index in [1.165, 1.54) is 23.1 Å². The second-order valence-electron chi connectivity index (χ2n) is 10.5. The summed E-state index contributed by atoms with van der Waals surface area (Å²) in [6, 6.07) is 16.7. The standard InChI is InChI=1S/C19H30F2N4O4S.C14H14/c1-13(2)25(30-16-6-4-14(22)5-7-16)15(12-26)10-19(20,21)8-9-23-17(27)11-24-18(28)29-3;1-2-5-9-13(8-4-1)12-14-10-6-3-7-11-14/h4-7,13,15,26H,8-12,22H2,1-3H3,(H,23,27)(H,24,28);1-8,10-11H,9,12H2. The van der Waals surface area contributed by atoms with Crippen molar-refractivity contribution in [1.82, 2.24) is 14.9 Å². The first-order chi connectivity index (χ1) is 21.0. The Balaban J connectivity index is 0.000000396. The van der Waals surface area contributed by atoms with Crippen LogP contribution in [0.4, 0.5) is 19.3 Å². The number of alkyl carbamates (subject to hydrolysis) is 1. The highest BCUT2D eigenvalue weighted by Crippen LogP contribution is 2.33. The number of carbonyl (C=O) groups is 2. The highest BCUT2D eigenvalue weighted by atomic mass is 32.2. The van der Waals surface area contributed by atoms with Gasteiger partial charge in [-0.15, -0.1) is 0 Å². The van der Waals surface area contributed by atoms with Gasteiger partial charge in [-0.1, -0.05) is 66.3 Å². The average Bonchev–Trinajstić information content (AvgIpc) is 3.27. The van der Waals surface area contributed by atoms with Crippen molar-refractivity contribution in [3.63, 3.8) is 0 Å². The van der Waals surface area contributed by atoms with Gasteiger partial charge in [-0.2, -0.15) is 0 Å². The molecule has 11 heteroatoms. The highest BCUT2D eigenvalue weighted by Gasteiger charge is 2.36. The van der Waals surface area contributed by atoms with Crippen molar-refractivity contribution in [2.75, 3.05) is 32.5 Å². The Morgan fingerprint density at radius 2 is 1.77 bits per heavy atom. The number of nitrogens with one attached hydrogen (secondary N) is 2. The number of methoxy groups -OCH3 is 1. The van der Waals surface area contributed by atoms with Crippen LogP contribution in [-0.2, 0) is 16.0 Å². The van der Waals surface area contributed by atoms with Crippen LogP contribution >= 0.6 is 11.9 Å². The van der Waals surface area contributed by atoms with Gasteiger partial charge in [0.1, 0.15) is 0 Å². The van der Waals surface area contributed by atoms with Crippen molar-refractivity contribution in [1.29, 1.82) is 0 Å². The zero-order chi connectivity index (χ0) is 32.4. The van der Waals surface area contributed by atoms with Crippen molar-refractivity contribution in [3.8, 4) is 0 Å². The van der Waals surface area contributed by atoms with Gasteiger partial charge in [-0.3, -0.25) is 4.79 Å². The monoisotopic (exact) mass is 630 g/mol. The topological polar surface area (TPSA) is 117 Å². The molecule has 0 aromatic heterocycles. The van der Waals surface area contributed by atoms with Crippen LogP contribution in [0.25, 0.3) is 0 Å². The first-order valence-electron chi connectivity index (χ1n) is 14.5. The van der Waals surface area contributed by atoms with Crippen LogP contribution < -0.4 is 16.4 Å². The Kier molecular flexibility index (Phi) is 16.2. The Bertz CT molecular complexity index is 1240. The lowest BCUT2D eigenvalue weighted by Gasteiger charge is -2.34. The van der Waals surface area contributed by atoms with Crippen LogP contribution in [0.5, 0.6) is 0 Å². The minimum Gasteiger partial charge on any atom is -0.453 e. The number of anilines is 1. The fourth-order valence-electron chi connectivity index (χ4n) is 4.22. The second-order valence-corrected chi connectivity index (χ2v) is 11.5. The van der Waals surface area contributed by atoms with Crippen molar-refractivity contribution < 1.29 is 28.2 Å². The van der Waals surface area contributed by atoms with E-state index in [4.69, 9.17) is 5.73 Å². The molecule has 0 saturated heterocycles. The maximum atomic E-state index is 14.5. The van der Waals surface area contributed by atoms with Crippen molar-refractivity contribution in [3.05, 3.63) is 96.1 Å². The van der Waals surface area contributed by atoms with Crippen molar-refractivity contribution in [2.24, 2.45) is 0 Å². The molecule has 1 aliphatic carbocycles. The number of amides is 2. The maximum Gasteiger partial charge on any atom is 0.407 e. The maximum absolute atomic E-state index is 14.5. The Labute approximate surface area is 263 Å². The summed E-state index contributed by atoms with van der Waals surface area (Å²) in [6.07, 6.45) is 10.9. The summed E-state index contributed by atoms with van der Waals surface area (Å²) in [7, 11) is 1.15. The molecule has 0 aliphatic heterocycles. The van der Waals surface area contributed by atoms with E-state index in [1.54, 1.807) is 28.6 Å². The number of alkyl halides is 2. The van der Waals surface area contributed by atoms with E-state index in [-0.39, 0.29) is 19.1 Å². The van der Waals surface area contributed by atoms with E-state index < -0.39 is 43.4 Å². The summed E-state index contributed by atoms with van der Waals surface area (Å²) in [6.45, 7) is 2.65. The SMILES string of the molecule is C1=CC=C(Cc2ccccc2)CC=C1.COC(=O)NCC(=O)NCCC(F)(F)CC(CO)N(Sc1ccc(N)cc1)C(C)C. The van der Waals surface area contributed by atoms with Crippen molar-refractivity contribution >= 4 is 29.6 Å². The number of carbonyl (C=O) groups excluding carboxylic acids is 2.